The molecule has 0 N–H and O–H groups in total. The molecule has 3 nitrogen and oxygen atoms in total. The fourth-order valence-corrected chi connectivity index (χ4v) is 1.55. The zero-order valence-electron chi connectivity index (χ0n) is 6.74. The highest BCUT2D eigenvalue weighted by atomic mass is 15.6. The molecule has 0 aliphatic carbocycles. The van der Waals surface area contributed by atoms with Crippen LogP contribution in [-0.2, 0) is 0 Å². The summed E-state index contributed by atoms with van der Waals surface area (Å²) in [5.74, 6) is 0. The van der Waals surface area contributed by atoms with Crippen molar-refractivity contribution in [3.63, 3.8) is 0 Å². The van der Waals surface area contributed by atoms with Gasteiger partial charge in [0, 0.05) is 26.2 Å². The minimum Gasteiger partial charge on any atom is -0.296 e. The van der Waals surface area contributed by atoms with Crippen molar-refractivity contribution < 1.29 is 0 Å². The van der Waals surface area contributed by atoms with E-state index >= 15 is 0 Å². The van der Waals surface area contributed by atoms with E-state index in [1.54, 1.807) is 0 Å². The van der Waals surface area contributed by atoms with Crippen molar-refractivity contribution in [1.82, 2.24) is 10.0 Å². The lowest BCUT2D eigenvalue weighted by atomic mass is 10.4. The van der Waals surface area contributed by atoms with E-state index in [-0.39, 0.29) is 0 Å². The molecule has 0 amide bonds. The first-order chi connectivity index (χ1) is 5.47. The van der Waals surface area contributed by atoms with Gasteiger partial charge in [0.15, 0.2) is 0 Å². The molecule has 0 aromatic heterocycles. The Balaban J connectivity index is 1.91. The second-order valence-corrected chi connectivity index (χ2v) is 3.03. The Morgan fingerprint density at radius 2 is 2.00 bits per heavy atom. The van der Waals surface area contributed by atoms with Crippen LogP contribution in [0, 0.1) is 6.54 Å². The van der Waals surface area contributed by atoms with Gasteiger partial charge in [0.1, 0.15) is 0 Å². The lowest BCUT2D eigenvalue weighted by Gasteiger charge is -2.31. The second-order valence-electron chi connectivity index (χ2n) is 3.03. The van der Waals surface area contributed by atoms with Gasteiger partial charge < -0.3 is 0 Å². The molecule has 1 fully saturated rings. The smallest absolute Gasteiger partial charge is 0.0994 e. The predicted octanol–water partition coefficient (Wildman–Crippen LogP) is 0.893. The Morgan fingerprint density at radius 3 is 2.64 bits per heavy atom. The third-order valence-electron chi connectivity index (χ3n) is 2.15. The standard InChI is InChI=1S/C8H14N3/c1-2-6-10(5-1)11-7-3-4-9-8-11/h5,8H,1-4,6-7H2. The first-order valence-corrected chi connectivity index (χ1v) is 4.33. The third kappa shape index (κ3) is 1.53. The van der Waals surface area contributed by atoms with Gasteiger partial charge in [-0.1, -0.05) is 0 Å². The van der Waals surface area contributed by atoms with Gasteiger partial charge in [0.05, 0.1) is 6.34 Å². The molecule has 2 aliphatic rings. The summed E-state index contributed by atoms with van der Waals surface area (Å²) in [4.78, 5) is 4.24. The van der Waals surface area contributed by atoms with Crippen LogP contribution in [0.2, 0.25) is 0 Å². The highest BCUT2D eigenvalue weighted by molar-refractivity contribution is 5.55. The van der Waals surface area contributed by atoms with E-state index in [0.717, 1.165) is 13.1 Å². The summed E-state index contributed by atoms with van der Waals surface area (Å²) in [5, 5.41) is 4.50. The first-order valence-electron chi connectivity index (χ1n) is 4.33. The van der Waals surface area contributed by atoms with Crippen LogP contribution in [0.5, 0.6) is 0 Å². The maximum absolute atomic E-state index is 4.24. The van der Waals surface area contributed by atoms with Crippen LogP contribution in [-0.4, -0.2) is 36.0 Å². The topological polar surface area (TPSA) is 18.8 Å². The monoisotopic (exact) mass is 152 g/mol. The summed E-state index contributed by atoms with van der Waals surface area (Å²) in [6.07, 6.45) is 5.68. The van der Waals surface area contributed by atoms with Crippen LogP contribution in [0.15, 0.2) is 4.99 Å². The molecule has 0 bridgehead atoms. The number of aliphatic imine (C=N–C) groups is 1. The Kier molecular flexibility index (Phi) is 2.08. The summed E-state index contributed by atoms with van der Waals surface area (Å²) in [6.45, 7) is 5.58. The van der Waals surface area contributed by atoms with Crippen molar-refractivity contribution in [2.45, 2.75) is 19.3 Å². The van der Waals surface area contributed by atoms with E-state index in [0.29, 0.717) is 0 Å². The van der Waals surface area contributed by atoms with Crippen molar-refractivity contribution in [2.75, 3.05) is 19.6 Å². The molecule has 2 heterocycles. The molecule has 1 radical (unpaired) electrons. The van der Waals surface area contributed by atoms with Crippen LogP contribution in [0.4, 0.5) is 0 Å². The van der Waals surface area contributed by atoms with Gasteiger partial charge in [-0.05, 0) is 19.3 Å². The summed E-state index contributed by atoms with van der Waals surface area (Å²) in [5.41, 5.74) is 0. The van der Waals surface area contributed by atoms with E-state index in [1.165, 1.54) is 25.8 Å². The van der Waals surface area contributed by atoms with Crippen LogP contribution < -0.4 is 0 Å². The molecule has 0 saturated carbocycles. The van der Waals surface area contributed by atoms with Crippen molar-refractivity contribution in [1.29, 1.82) is 0 Å². The minimum atomic E-state index is 1.00. The molecule has 0 spiro atoms. The van der Waals surface area contributed by atoms with Gasteiger partial charge in [-0.25, -0.2) is 5.01 Å². The van der Waals surface area contributed by atoms with E-state index in [9.17, 15) is 0 Å². The Morgan fingerprint density at radius 1 is 1.09 bits per heavy atom. The average molecular weight is 152 g/mol. The maximum atomic E-state index is 4.24. The first kappa shape index (κ1) is 7.10. The van der Waals surface area contributed by atoms with E-state index in [2.05, 4.69) is 21.6 Å². The fraction of sp³-hybridized carbons (Fsp3) is 0.750. The van der Waals surface area contributed by atoms with Gasteiger partial charge in [0.2, 0.25) is 0 Å². The highest BCUT2D eigenvalue weighted by Gasteiger charge is 2.18. The van der Waals surface area contributed by atoms with Crippen molar-refractivity contribution >= 4 is 6.34 Å². The van der Waals surface area contributed by atoms with Crippen molar-refractivity contribution in [3.05, 3.63) is 6.54 Å². The number of hydrogen-bond acceptors (Lipinski definition) is 3. The van der Waals surface area contributed by atoms with Crippen LogP contribution in [0.25, 0.3) is 0 Å². The lowest BCUT2D eigenvalue weighted by molar-refractivity contribution is 0.102. The normalized spacial score (nSPS) is 26.4. The van der Waals surface area contributed by atoms with E-state index in [1.807, 2.05) is 6.34 Å². The zero-order chi connectivity index (χ0) is 7.52. The van der Waals surface area contributed by atoms with Gasteiger partial charge in [0.25, 0.3) is 0 Å². The zero-order valence-corrected chi connectivity index (χ0v) is 6.74. The van der Waals surface area contributed by atoms with Gasteiger partial charge in [-0.2, -0.15) is 0 Å². The average Bonchev–Trinajstić information content (AvgIpc) is 2.58. The molecular weight excluding hydrogens is 138 g/mol. The number of hydrogen-bond donors (Lipinski definition) is 0. The van der Waals surface area contributed by atoms with Crippen LogP contribution >= 0.6 is 0 Å². The molecule has 0 aromatic carbocycles. The quantitative estimate of drug-likeness (QED) is 0.555. The molecule has 0 aromatic rings. The molecule has 2 rings (SSSR count). The Bertz CT molecular complexity index is 149. The molecule has 3 heteroatoms. The number of hydrazine groups is 1. The summed E-state index contributed by atoms with van der Waals surface area (Å²) in [6, 6.07) is 0. The molecule has 11 heavy (non-hydrogen) atoms. The lowest BCUT2D eigenvalue weighted by Crippen LogP contribution is -2.40. The van der Waals surface area contributed by atoms with Crippen molar-refractivity contribution in [2.24, 2.45) is 4.99 Å². The van der Waals surface area contributed by atoms with Gasteiger partial charge in [-0.15, -0.1) is 0 Å². The van der Waals surface area contributed by atoms with Crippen LogP contribution in [0.1, 0.15) is 19.3 Å². The van der Waals surface area contributed by atoms with E-state index in [4.69, 9.17) is 0 Å². The summed E-state index contributed by atoms with van der Waals surface area (Å²) >= 11 is 0. The fourth-order valence-electron chi connectivity index (χ4n) is 1.55. The SMILES string of the molecule is [CH]1CCCN1N1C=NCCC1. The molecule has 1 saturated heterocycles. The van der Waals surface area contributed by atoms with Crippen molar-refractivity contribution in [3.8, 4) is 0 Å². The number of rotatable bonds is 1. The maximum Gasteiger partial charge on any atom is 0.0994 e. The highest BCUT2D eigenvalue weighted by Crippen LogP contribution is 2.15. The number of nitrogens with zero attached hydrogens (tertiary/aromatic N) is 3. The molecule has 0 atom stereocenters. The molecule has 0 unspecified atom stereocenters. The molecule has 2 aliphatic heterocycles. The third-order valence-corrected chi connectivity index (χ3v) is 2.15. The Hall–Kier alpha value is -0.570. The Labute approximate surface area is 67.7 Å². The summed E-state index contributed by atoms with van der Waals surface area (Å²) < 4.78 is 0. The van der Waals surface area contributed by atoms with Gasteiger partial charge in [-0.3, -0.25) is 10.0 Å². The largest absolute Gasteiger partial charge is 0.296 e. The summed E-state index contributed by atoms with van der Waals surface area (Å²) in [7, 11) is 0. The van der Waals surface area contributed by atoms with Gasteiger partial charge >= 0.3 is 0 Å². The molecule has 61 valence electrons. The molecular formula is C8H14N3. The minimum absolute atomic E-state index is 1.00. The van der Waals surface area contributed by atoms with Crippen LogP contribution in [0.3, 0.4) is 0 Å². The van der Waals surface area contributed by atoms with E-state index < -0.39 is 0 Å². The predicted molar refractivity (Wildman–Crippen MR) is 44.9 cm³/mol. The second kappa shape index (κ2) is 3.22.